The van der Waals surface area contributed by atoms with Crippen LogP contribution in [0.4, 0.5) is 14.9 Å². The lowest BCUT2D eigenvalue weighted by atomic mass is 10.1. The van der Waals surface area contributed by atoms with Gasteiger partial charge in [0.1, 0.15) is 11.4 Å². The zero-order valence-electron chi connectivity index (χ0n) is 10.8. The Hall–Kier alpha value is -1.58. The molecule has 17 heavy (non-hydrogen) atoms. The van der Waals surface area contributed by atoms with Crippen LogP contribution in [-0.2, 0) is 4.74 Å². The number of halogens is 1. The molecule has 0 unspecified atom stereocenters. The molecular formula is C13H18FNO2. The minimum absolute atomic E-state index is 0.280. The van der Waals surface area contributed by atoms with Gasteiger partial charge < -0.3 is 4.74 Å². The SMILES string of the molecule is Cc1cc(NC(=O)OC(C)(C)C)c(C)cc1F. The fourth-order valence-corrected chi connectivity index (χ4v) is 1.33. The van der Waals surface area contributed by atoms with Crippen LogP contribution in [0.1, 0.15) is 31.9 Å². The number of rotatable bonds is 1. The quantitative estimate of drug-likeness (QED) is 0.809. The maximum Gasteiger partial charge on any atom is 0.412 e. The molecule has 1 amide bonds. The number of benzene rings is 1. The normalized spacial score (nSPS) is 11.2. The number of hydrogen-bond acceptors (Lipinski definition) is 2. The highest BCUT2D eigenvalue weighted by molar-refractivity contribution is 5.86. The summed E-state index contributed by atoms with van der Waals surface area (Å²) >= 11 is 0. The van der Waals surface area contributed by atoms with E-state index in [1.54, 1.807) is 40.7 Å². The highest BCUT2D eigenvalue weighted by atomic mass is 19.1. The largest absolute Gasteiger partial charge is 0.444 e. The van der Waals surface area contributed by atoms with E-state index >= 15 is 0 Å². The van der Waals surface area contributed by atoms with Gasteiger partial charge in [0.15, 0.2) is 0 Å². The van der Waals surface area contributed by atoms with Gasteiger partial charge in [0.2, 0.25) is 0 Å². The van der Waals surface area contributed by atoms with Crippen LogP contribution in [-0.4, -0.2) is 11.7 Å². The monoisotopic (exact) mass is 239 g/mol. The smallest absolute Gasteiger partial charge is 0.412 e. The molecule has 0 aromatic heterocycles. The standard InChI is InChI=1S/C13H18FNO2/c1-8-7-11(9(2)6-10(8)14)15-12(16)17-13(3,4)5/h6-7H,1-5H3,(H,15,16). The summed E-state index contributed by atoms with van der Waals surface area (Å²) in [7, 11) is 0. The number of aryl methyl sites for hydroxylation is 2. The molecule has 94 valence electrons. The summed E-state index contributed by atoms with van der Waals surface area (Å²) < 4.78 is 18.3. The molecule has 0 radical (unpaired) electrons. The fourth-order valence-electron chi connectivity index (χ4n) is 1.33. The Balaban J connectivity index is 2.82. The van der Waals surface area contributed by atoms with E-state index in [9.17, 15) is 9.18 Å². The molecule has 0 aliphatic heterocycles. The Labute approximate surface area is 101 Å². The first kappa shape index (κ1) is 13.5. The van der Waals surface area contributed by atoms with Crippen molar-refractivity contribution in [3.05, 3.63) is 29.1 Å². The number of carbonyl (C=O) groups is 1. The zero-order chi connectivity index (χ0) is 13.2. The topological polar surface area (TPSA) is 38.3 Å². The molecule has 4 heteroatoms. The van der Waals surface area contributed by atoms with E-state index in [1.165, 1.54) is 6.07 Å². The summed E-state index contributed by atoms with van der Waals surface area (Å²) in [4.78, 5) is 11.5. The van der Waals surface area contributed by atoms with Crippen LogP contribution in [0, 0.1) is 19.7 Å². The molecule has 0 aliphatic carbocycles. The summed E-state index contributed by atoms with van der Waals surface area (Å²) in [5.74, 6) is -0.280. The third-order valence-electron chi connectivity index (χ3n) is 2.14. The van der Waals surface area contributed by atoms with Gasteiger partial charge in [-0.3, -0.25) is 5.32 Å². The zero-order valence-corrected chi connectivity index (χ0v) is 10.8. The van der Waals surface area contributed by atoms with Gasteiger partial charge in [-0.15, -0.1) is 0 Å². The number of anilines is 1. The molecule has 3 nitrogen and oxygen atoms in total. The van der Waals surface area contributed by atoms with Crippen LogP contribution < -0.4 is 5.32 Å². The van der Waals surface area contributed by atoms with Gasteiger partial charge in [-0.1, -0.05) is 0 Å². The number of carbonyl (C=O) groups excluding carboxylic acids is 1. The highest BCUT2D eigenvalue weighted by Gasteiger charge is 2.17. The summed E-state index contributed by atoms with van der Waals surface area (Å²) in [6.07, 6.45) is -0.536. The molecular weight excluding hydrogens is 221 g/mol. The van der Waals surface area contributed by atoms with Gasteiger partial charge in [0.05, 0.1) is 0 Å². The van der Waals surface area contributed by atoms with Crippen molar-refractivity contribution < 1.29 is 13.9 Å². The van der Waals surface area contributed by atoms with Crippen molar-refractivity contribution in [3.63, 3.8) is 0 Å². The Morgan fingerprint density at radius 3 is 2.35 bits per heavy atom. The number of ether oxygens (including phenoxy) is 1. The first-order valence-corrected chi connectivity index (χ1v) is 5.46. The van der Waals surface area contributed by atoms with Crippen LogP contribution in [0.25, 0.3) is 0 Å². The summed E-state index contributed by atoms with van der Waals surface area (Å²) in [6, 6.07) is 2.98. The van der Waals surface area contributed by atoms with Gasteiger partial charge >= 0.3 is 6.09 Å². The predicted molar refractivity (Wildman–Crippen MR) is 65.7 cm³/mol. The van der Waals surface area contributed by atoms with Crippen LogP contribution in [0.15, 0.2) is 12.1 Å². The maximum atomic E-state index is 13.2. The third kappa shape index (κ3) is 4.06. The fraction of sp³-hybridized carbons (Fsp3) is 0.462. The van der Waals surface area contributed by atoms with Gasteiger partial charge in [0, 0.05) is 5.69 Å². The second-order valence-corrected chi connectivity index (χ2v) is 5.04. The van der Waals surface area contributed by atoms with E-state index in [0.29, 0.717) is 16.8 Å². The summed E-state index contributed by atoms with van der Waals surface area (Å²) in [6.45, 7) is 8.74. The molecule has 0 spiro atoms. The molecule has 1 aromatic rings. The van der Waals surface area contributed by atoms with E-state index in [-0.39, 0.29) is 5.82 Å². The van der Waals surface area contributed by atoms with E-state index in [2.05, 4.69) is 5.32 Å². The van der Waals surface area contributed by atoms with E-state index < -0.39 is 11.7 Å². The highest BCUT2D eigenvalue weighted by Crippen LogP contribution is 2.20. The van der Waals surface area contributed by atoms with Crippen molar-refractivity contribution in [2.75, 3.05) is 5.32 Å². The molecule has 0 heterocycles. The van der Waals surface area contributed by atoms with Crippen molar-refractivity contribution in [2.24, 2.45) is 0 Å². The molecule has 1 N–H and O–H groups in total. The third-order valence-corrected chi connectivity index (χ3v) is 2.14. The molecule has 0 bridgehead atoms. The average Bonchev–Trinajstić information content (AvgIpc) is 2.11. The first-order chi connectivity index (χ1) is 7.69. The predicted octanol–water partition coefficient (Wildman–Crippen LogP) is 3.79. The van der Waals surface area contributed by atoms with Crippen molar-refractivity contribution in [2.45, 2.75) is 40.2 Å². The Bertz CT molecular complexity index is 436. The molecule has 0 aliphatic rings. The molecule has 0 saturated heterocycles. The molecule has 1 rings (SSSR count). The van der Waals surface area contributed by atoms with Crippen LogP contribution in [0.2, 0.25) is 0 Å². The van der Waals surface area contributed by atoms with Gasteiger partial charge in [0.25, 0.3) is 0 Å². The second-order valence-electron chi connectivity index (χ2n) is 5.04. The van der Waals surface area contributed by atoms with Crippen molar-refractivity contribution in [3.8, 4) is 0 Å². The first-order valence-electron chi connectivity index (χ1n) is 5.46. The van der Waals surface area contributed by atoms with Gasteiger partial charge in [-0.05, 0) is 57.9 Å². The number of amides is 1. The van der Waals surface area contributed by atoms with E-state index in [1.807, 2.05) is 0 Å². The molecule has 1 aromatic carbocycles. The van der Waals surface area contributed by atoms with Crippen molar-refractivity contribution in [1.82, 2.24) is 0 Å². The lowest BCUT2D eigenvalue weighted by Gasteiger charge is -2.20. The molecule has 0 atom stereocenters. The van der Waals surface area contributed by atoms with Crippen LogP contribution in [0.3, 0.4) is 0 Å². The lowest BCUT2D eigenvalue weighted by molar-refractivity contribution is 0.0636. The van der Waals surface area contributed by atoms with Gasteiger partial charge in [-0.25, -0.2) is 9.18 Å². The Kier molecular flexibility index (Phi) is 3.76. The Morgan fingerprint density at radius 1 is 1.24 bits per heavy atom. The lowest BCUT2D eigenvalue weighted by Crippen LogP contribution is -2.27. The molecule has 0 fully saturated rings. The van der Waals surface area contributed by atoms with Crippen LogP contribution >= 0.6 is 0 Å². The number of nitrogens with one attached hydrogen (secondary N) is 1. The van der Waals surface area contributed by atoms with Gasteiger partial charge in [-0.2, -0.15) is 0 Å². The minimum atomic E-state index is -0.549. The minimum Gasteiger partial charge on any atom is -0.444 e. The summed E-state index contributed by atoms with van der Waals surface area (Å²) in [5, 5.41) is 2.61. The van der Waals surface area contributed by atoms with E-state index in [0.717, 1.165) is 0 Å². The maximum absolute atomic E-state index is 13.2. The average molecular weight is 239 g/mol. The molecule has 0 saturated carbocycles. The van der Waals surface area contributed by atoms with Crippen molar-refractivity contribution >= 4 is 11.8 Å². The van der Waals surface area contributed by atoms with Crippen LogP contribution in [0.5, 0.6) is 0 Å². The second kappa shape index (κ2) is 4.73. The summed E-state index contributed by atoms with van der Waals surface area (Å²) in [5.41, 5.74) is 1.17. The van der Waals surface area contributed by atoms with Crippen molar-refractivity contribution in [1.29, 1.82) is 0 Å². The number of hydrogen-bond donors (Lipinski definition) is 1. The Morgan fingerprint density at radius 2 is 1.82 bits per heavy atom. The van der Waals surface area contributed by atoms with E-state index in [4.69, 9.17) is 4.74 Å².